The topological polar surface area (TPSA) is 82.2 Å². The Morgan fingerprint density at radius 2 is 2.08 bits per heavy atom. The van der Waals surface area contributed by atoms with Crippen molar-refractivity contribution in [3.05, 3.63) is 55.6 Å². The lowest BCUT2D eigenvalue weighted by Crippen LogP contribution is -2.23. The van der Waals surface area contributed by atoms with Crippen molar-refractivity contribution in [2.24, 2.45) is 5.92 Å². The molecule has 0 bridgehead atoms. The summed E-state index contributed by atoms with van der Waals surface area (Å²) in [7, 11) is 0. The van der Waals surface area contributed by atoms with E-state index in [4.69, 9.17) is 11.6 Å². The van der Waals surface area contributed by atoms with Crippen molar-refractivity contribution in [1.82, 2.24) is 4.98 Å². The number of halogens is 1. The summed E-state index contributed by atoms with van der Waals surface area (Å²) >= 11 is 7.34. The Labute approximate surface area is 158 Å². The summed E-state index contributed by atoms with van der Waals surface area (Å²) in [6.07, 6.45) is 2.81. The van der Waals surface area contributed by atoms with Gasteiger partial charge < -0.3 is 15.4 Å². The molecule has 7 heteroatoms. The van der Waals surface area contributed by atoms with E-state index in [9.17, 15) is 14.7 Å². The zero-order valence-corrected chi connectivity index (χ0v) is 15.6. The molecule has 134 valence electrons. The minimum atomic E-state index is -0.642. The normalized spacial score (nSPS) is 16.5. The Morgan fingerprint density at radius 3 is 2.81 bits per heavy atom. The third-order valence-corrected chi connectivity index (χ3v) is 6.19. The minimum absolute atomic E-state index is 0.234. The van der Waals surface area contributed by atoms with Crippen LogP contribution < -0.4 is 10.9 Å². The maximum atomic E-state index is 12.6. The first-order valence-electron chi connectivity index (χ1n) is 8.40. The van der Waals surface area contributed by atoms with E-state index in [0.717, 1.165) is 24.8 Å². The van der Waals surface area contributed by atoms with Gasteiger partial charge in [0.15, 0.2) is 0 Å². The van der Waals surface area contributed by atoms with Gasteiger partial charge >= 0.3 is 0 Å². The van der Waals surface area contributed by atoms with Crippen LogP contribution in [0.1, 0.15) is 34.1 Å². The van der Waals surface area contributed by atoms with Gasteiger partial charge in [0.1, 0.15) is 16.1 Å². The summed E-state index contributed by atoms with van der Waals surface area (Å²) < 4.78 is 0. The van der Waals surface area contributed by atoms with E-state index in [-0.39, 0.29) is 11.3 Å². The third-order valence-electron chi connectivity index (χ3n) is 4.77. The lowest BCUT2D eigenvalue weighted by atomic mass is 9.89. The number of aromatic nitrogens is 1. The molecule has 1 atom stereocenters. The second-order valence-corrected chi connectivity index (χ2v) is 8.24. The first-order valence-corrected chi connectivity index (χ1v) is 9.60. The van der Waals surface area contributed by atoms with Crippen LogP contribution in [0.2, 0.25) is 5.02 Å². The molecule has 0 saturated heterocycles. The monoisotopic (exact) mass is 388 g/mol. The lowest BCUT2D eigenvalue weighted by molar-refractivity contribution is 0.102. The molecule has 26 heavy (non-hydrogen) atoms. The third kappa shape index (κ3) is 2.89. The Morgan fingerprint density at radius 1 is 1.35 bits per heavy atom. The molecule has 0 radical (unpaired) electrons. The molecule has 2 aromatic heterocycles. The van der Waals surface area contributed by atoms with E-state index >= 15 is 0 Å². The molecule has 1 aliphatic rings. The Hall–Kier alpha value is -2.31. The molecule has 0 spiro atoms. The summed E-state index contributed by atoms with van der Waals surface area (Å²) in [6, 6.07) is 6.55. The Balaban J connectivity index is 1.78. The highest BCUT2D eigenvalue weighted by Gasteiger charge is 2.27. The number of thiophene rings is 1. The quantitative estimate of drug-likeness (QED) is 0.611. The van der Waals surface area contributed by atoms with Crippen LogP contribution in [0.15, 0.2) is 29.1 Å². The number of hydrogen-bond acceptors (Lipinski definition) is 4. The van der Waals surface area contributed by atoms with Gasteiger partial charge in [-0.05, 0) is 55.0 Å². The number of rotatable bonds is 2. The number of fused-ring (bicyclic) bond motifs is 3. The number of anilines is 1. The second kappa shape index (κ2) is 6.45. The van der Waals surface area contributed by atoms with Gasteiger partial charge in [0.2, 0.25) is 0 Å². The molecule has 5 nitrogen and oxygen atoms in total. The number of H-pyrrole nitrogens is 1. The van der Waals surface area contributed by atoms with Crippen molar-refractivity contribution < 1.29 is 9.90 Å². The summed E-state index contributed by atoms with van der Waals surface area (Å²) in [5, 5.41) is 14.5. The summed E-state index contributed by atoms with van der Waals surface area (Å²) in [5.41, 5.74) is 0.705. The van der Waals surface area contributed by atoms with Gasteiger partial charge in [0.25, 0.3) is 11.5 Å². The van der Waals surface area contributed by atoms with Crippen LogP contribution in [-0.4, -0.2) is 16.0 Å². The number of aromatic amines is 1. The number of aromatic hydroxyl groups is 1. The van der Waals surface area contributed by atoms with Gasteiger partial charge in [-0.1, -0.05) is 18.5 Å². The van der Waals surface area contributed by atoms with Crippen molar-refractivity contribution >= 4 is 44.7 Å². The molecule has 1 aliphatic carbocycles. The van der Waals surface area contributed by atoms with Crippen LogP contribution >= 0.6 is 22.9 Å². The van der Waals surface area contributed by atoms with Gasteiger partial charge in [-0.2, -0.15) is 0 Å². The van der Waals surface area contributed by atoms with E-state index in [1.807, 2.05) is 0 Å². The molecule has 3 aromatic rings. The zero-order chi connectivity index (χ0) is 18.4. The molecule has 0 unspecified atom stereocenters. The summed E-state index contributed by atoms with van der Waals surface area (Å²) in [5.74, 6) is -0.295. The number of nitrogens with one attached hydrogen (secondary N) is 2. The van der Waals surface area contributed by atoms with Crippen LogP contribution in [0.3, 0.4) is 0 Å². The molecule has 0 aliphatic heterocycles. The number of carbonyl (C=O) groups is 1. The van der Waals surface area contributed by atoms with Crippen molar-refractivity contribution in [1.29, 1.82) is 0 Å². The number of benzene rings is 1. The Bertz CT molecular complexity index is 1070. The summed E-state index contributed by atoms with van der Waals surface area (Å²) in [6.45, 7) is 2.20. The largest absolute Gasteiger partial charge is 0.506 e. The van der Waals surface area contributed by atoms with Crippen molar-refractivity contribution in [2.75, 3.05) is 5.32 Å². The van der Waals surface area contributed by atoms with Gasteiger partial charge in [-0.25, -0.2) is 0 Å². The first kappa shape index (κ1) is 17.1. The van der Waals surface area contributed by atoms with Gasteiger partial charge in [0.05, 0.1) is 5.39 Å². The van der Waals surface area contributed by atoms with Crippen LogP contribution in [0.25, 0.3) is 10.2 Å². The van der Waals surface area contributed by atoms with Crippen LogP contribution in [-0.2, 0) is 12.8 Å². The molecule has 0 saturated carbocycles. The molecule has 1 amide bonds. The molecular formula is C19H17ClN2O3S. The van der Waals surface area contributed by atoms with E-state index in [0.29, 0.717) is 26.8 Å². The lowest BCUT2D eigenvalue weighted by Gasteiger charge is -2.18. The average molecular weight is 389 g/mol. The number of aryl methyl sites for hydroxylation is 1. The second-order valence-electron chi connectivity index (χ2n) is 6.69. The molecule has 1 aromatic carbocycles. The highest BCUT2D eigenvalue weighted by atomic mass is 35.5. The molecular weight excluding hydrogens is 372 g/mol. The SMILES string of the molecule is C[C@@H]1CCc2c(sc3[nH]c(=O)c(C(=O)Nc4ccc(Cl)cc4)c(O)c23)C1. The summed E-state index contributed by atoms with van der Waals surface area (Å²) in [4.78, 5) is 29.6. The zero-order valence-electron chi connectivity index (χ0n) is 14.1. The maximum absolute atomic E-state index is 12.6. The average Bonchev–Trinajstić information content (AvgIpc) is 2.94. The van der Waals surface area contributed by atoms with Gasteiger partial charge in [-0.15, -0.1) is 11.3 Å². The van der Waals surface area contributed by atoms with Gasteiger partial charge in [-0.3, -0.25) is 9.59 Å². The number of hydrogen-bond donors (Lipinski definition) is 3. The smallest absolute Gasteiger partial charge is 0.265 e. The van der Waals surface area contributed by atoms with E-state index < -0.39 is 11.5 Å². The molecule has 3 N–H and O–H groups in total. The number of pyridine rings is 1. The van der Waals surface area contributed by atoms with Crippen LogP contribution in [0.5, 0.6) is 5.75 Å². The van der Waals surface area contributed by atoms with Crippen molar-refractivity contribution in [3.63, 3.8) is 0 Å². The molecule has 2 heterocycles. The minimum Gasteiger partial charge on any atom is -0.506 e. The van der Waals surface area contributed by atoms with E-state index in [1.54, 1.807) is 24.3 Å². The number of carbonyl (C=O) groups excluding carboxylic acids is 1. The first-order chi connectivity index (χ1) is 12.4. The maximum Gasteiger partial charge on any atom is 0.265 e. The molecule has 0 fully saturated rings. The van der Waals surface area contributed by atoms with Crippen LogP contribution in [0.4, 0.5) is 5.69 Å². The fourth-order valence-corrected chi connectivity index (χ4v) is 4.96. The highest BCUT2D eigenvalue weighted by molar-refractivity contribution is 7.18. The van der Waals surface area contributed by atoms with Crippen LogP contribution in [0, 0.1) is 5.92 Å². The fraction of sp³-hybridized carbons (Fsp3) is 0.263. The highest BCUT2D eigenvalue weighted by Crippen LogP contribution is 2.41. The van der Waals surface area contributed by atoms with Gasteiger partial charge in [0, 0.05) is 15.6 Å². The van der Waals surface area contributed by atoms with E-state index in [1.165, 1.54) is 16.2 Å². The van der Waals surface area contributed by atoms with E-state index in [2.05, 4.69) is 17.2 Å². The van der Waals surface area contributed by atoms with Crippen molar-refractivity contribution in [2.45, 2.75) is 26.2 Å². The Kier molecular flexibility index (Phi) is 4.25. The predicted molar refractivity (Wildman–Crippen MR) is 105 cm³/mol. The fourth-order valence-electron chi connectivity index (χ4n) is 3.42. The molecule has 4 rings (SSSR count). The predicted octanol–water partition coefficient (Wildman–Crippen LogP) is 4.33. The number of amides is 1. The van der Waals surface area contributed by atoms with Crippen molar-refractivity contribution in [3.8, 4) is 5.75 Å². The standard InChI is InChI=1S/C19H17ClN2O3S/c1-9-2-7-12-13(8-9)26-19-14(12)16(23)15(18(25)22-19)17(24)21-11-5-3-10(20)4-6-11/h3-6,9H,2,7-8H2,1H3,(H,21,24)(H2,22,23,25)/t9-/m1/s1.